The van der Waals surface area contributed by atoms with Gasteiger partial charge in [0.25, 0.3) is 5.69 Å². The van der Waals surface area contributed by atoms with Crippen molar-refractivity contribution in [3.05, 3.63) is 64.2 Å². The highest BCUT2D eigenvalue weighted by Gasteiger charge is 2.08. The van der Waals surface area contributed by atoms with Gasteiger partial charge in [0.1, 0.15) is 5.75 Å². The highest BCUT2D eigenvalue weighted by atomic mass is 16.6. The van der Waals surface area contributed by atoms with E-state index in [9.17, 15) is 15.2 Å². The summed E-state index contributed by atoms with van der Waals surface area (Å²) in [7, 11) is 0. The second-order valence-electron chi connectivity index (χ2n) is 5.10. The van der Waals surface area contributed by atoms with Gasteiger partial charge in [-0.25, -0.2) is 0 Å². The lowest BCUT2D eigenvalue weighted by molar-refractivity contribution is -0.384. The van der Waals surface area contributed by atoms with E-state index in [4.69, 9.17) is 0 Å². The van der Waals surface area contributed by atoms with Gasteiger partial charge in [-0.2, -0.15) is 5.10 Å². The number of rotatable bonds is 4. The summed E-state index contributed by atoms with van der Waals surface area (Å²) in [6, 6.07) is 13.1. The van der Waals surface area contributed by atoms with Crippen molar-refractivity contribution in [3.63, 3.8) is 0 Å². The number of nitro groups is 1. The van der Waals surface area contributed by atoms with Gasteiger partial charge >= 0.3 is 0 Å². The molecular weight excluding hydrogens is 296 g/mol. The summed E-state index contributed by atoms with van der Waals surface area (Å²) in [6.07, 6.45) is 0. The minimum absolute atomic E-state index is 0.0475. The molecule has 0 aliphatic carbocycles. The normalized spacial score (nSPS) is 10.5. The average molecular weight is 310 g/mol. The first kappa shape index (κ1) is 14.6. The number of anilines is 2. The minimum atomic E-state index is -0.433. The van der Waals surface area contributed by atoms with E-state index in [1.165, 1.54) is 12.1 Å². The van der Waals surface area contributed by atoms with Gasteiger partial charge in [0.05, 0.1) is 10.6 Å². The van der Waals surface area contributed by atoms with Gasteiger partial charge in [0, 0.05) is 29.4 Å². The number of aromatic amines is 1. The van der Waals surface area contributed by atoms with Gasteiger partial charge in [-0.3, -0.25) is 15.2 Å². The largest absolute Gasteiger partial charge is 0.508 e. The molecular formula is C16H14N4O3. The molecule has 23 heavy (non-hydrogen) atoms. The molecule has 0 bridgehead atoms. The second-order valence-corrected chi connectivity index (χ2v) is 5.10. The molecule has 2 aromatic carbocycles. The first-order valence-corrected chi connectivity index (χ1v) is 6.90. The predicted molar refractivity (Wildman–Crippen MR) is 86.8 cm³/mol. The van der Waals surface area contributed by atoms with Gasteiger partial charge in [0.15, 0.2) is 5.82 Å². The van der Waals surface area contributed by atoms with E-state index < -0.39 is 4.92 Å². The Morgan fingerprint density at radius 2 is 1.91 bits per heavy atom. The summed E-state index contributed by atoms with van der Waals surface area (Å²) in [4.78, 5) is 10.2. The number of aromatic nitrogens is 2. The highest BCUT2D eigenvalue weighted by Crippen LogP contribution is 2.26. The summed E-state index contributed by atoms with van der Waals surface area (Å²) in [5, 5.41) is 30.3. The maximum absolute atomic E-state index is 10.7. The number of phenolic OH excluding ortho intramolecular Hbond substituents is 1. The Bertz CT molecular complexity index is 856. The molecule has 0 saturated heterocycles. The molecule has 3 rings (SSSR count). The Balaban J connectivity index is 1.81. The number of nitrogens with one attached hydrogen (secondary N) is 2. The van der Waals surface area contributed by atoms with E-state index >= 15 is 0 Å². The number of nitrogens with zero attached hydrogens (tertiary/aromatic N) is 2. The van der Waals surface area contributed by atoms with Gasteiger partial charge < -0.3 is 10.4 Å². The molecule has 0 spiro atoms. The third-order valence-electron chi connectivity index (χ3n) is 3.44. The Kier molecular flexibility index (Phi) is 3.68. The molecule has 7 heteroatoms. The summed E-state index contributed by atoms with van der Waals surface area (Å²) < 4.78 is 0. The van der Waals surface area contributed by atoms with E-state index in [1.807, 2.05) is 13.0 Å². The van der Waals surface area contributed by atoms with Gasteiger partial charge in [-0.05, 0) is 42.8 Å². The van der Waals surface area contributed by atoms with Crippen LogP contribution in [0.2, 0.25) is 0 Å². The van der Waals surface area contributed by atoms with Crippen LogP contribution < -0.4 is 5.32 Å². The summed E-state index contributed by atoms with van der Waals surface area (Å²) in [5.41, 5.74) is 3.33. The molecule has 0 atom stereocenters. The molecule has 0 aliphatic heterocycles. The number of aryl methyl sites for hydroxylation is 1. The Hall–Kier alpha value is -3.35. The van der Waals surface area contributed by atoms with E-state index in [2.05, 4.69) is 15.5 Å². The maximum atomic E-state index is 10.7. The van der Waals surface area contributed by atoms with E-state index in [1.54, 1.807) is 30.3 Å². The molecule has 7 nitrogen and oxygen atoms in total. The molecule has 3 N–H and O–H groups in total. The number of non-ortho nitro benzene ring substituents is 1. The van der Waals surface area contributed by atoms with Crippen LogP contribution in [-0.4, -0.2) is 20.2 Å². The fraction of sp³-hybridized carbons (Fsp3) is 0.0625. The van der Waals surface area contributed by atoms with Crippen molar-refractivity contribution in [2.24, 2.45) is 0 Å². The number of nitro benzene ring substituents is 1. The van der Waals surface area contributed by atoms with Gasteiger partial charge in [0.2, 0.25) is 0 Å². The van der Waals surface area contributed by atoms with Crippen molar-refractivity contribution in [2.45, 2.75) is 6.92 Å². The van der Waals surface area contributed by atoms with Crippen LogP contribution in [0, 0.1) is 17.0 Å². The number of hydrogen-bond acceptors (Lipinski definition) is 5. The zero-order valence-corrected chi connectivity index (χ0v) is 12.3. The third kappa shape index (κ3) is 3.13. The summed E-state index contributed by atoms with van der Waals surface area (Å²) in [5.74, 6) is 0.828. The molecule has 0 aliphatic rings. The van der Waals surface area contributed by atoms with Crippen molar-refractivity contribution >= 4 is 17.2 Å². The first-order chi connectivity index (χ1) is 11.0. The number of benzene rings is 2. The smallest absolute Gasteiger partial charge is 0.269 e. The van der Waals surface area contributed by atoms with Crippen LogP contribution in [0.3, 0.4) is 0 Å². The zero-order valence-electron chi connectivity index (χ0n) is 12.3. The summed E-state index contributed by atoms with van der Waals surface area (Å²) >= 11 is 0. The Morgan fingerprint density at radius 3 is 2.57 bits per heavy atom. The lowest BCUT2D eigenvalue weighted by Crippen LogP contribution is -1.92. The lowest BCUT2D eigenvalue weighted by atomic mass is 10.1. The van der Waals surface area contributed by atoms with E-state index in [0.29, 0.717) is 5.82 Å². The van der Waals surface area contributed by atoms with Gasteiger partial charge in [-0.1, -0.05) is 0 Å². The molecule has 0 unspecified atom stereocenters. The third-order valence-corrected chi connectivity index (χ3v) is 3.44. The number of aromatic hydroxyl groups is 1. The molecule has 1 aromatic heterocycles. The van der Waals surface area contributed by atoms with Crippen molar-refractivity contribution in [3.8, 4) is 17.0 Å². The van der Waals surface area contributed by atoms with Crippen LogP contribution in [0.15, 0.2) is 48.5 Å². The SMILES string of the molecule is Cc1cc(O)ccc1Nc1cc(-c2ccc([N+](=O)[O-])cc2)[nH]n1. The fourth-order valence-electron chi connectivity index (χ4n) is 2.22. The molecule has 0 amide bonds. The standard InChI is InChI=1S/C16H14N4O3/c1-10-8-13(21)6-7-14(10)17-16-9-15(18-19-16)11-2-4-12(5-3-11)20(22)23/h2-9,21H,1H3,(H2,17,18,19). The molecule has 0 fully saturated rings. The number of phenols is 1. The number of H-pyrrole nitrogens is 1. The first-order valence-electron chi connectivity index (χ1n) is 6.90. The van der Waals surface area contributed by atoms with E-state index in [0.717, 1.165) is 22.5 Å². The van der Waals surface area contributed by atoms with Crippen LogP contribution >= 0.6 is 0 Å². The molecule has 116 valence electrons. The van der Waals surface area contributed by atoms with E-state index in [-0.39, 0.29) is 11.4 Å². The highest BCUT2D eigenvalue weighted by molar-refractivity contribution is 5.68. The molecule has 3 aromatic rings. The van der Waals surface area contributed by atoms with Crippen molar-refractivity contribution < 1.29 is 10.0 Å². The van der Waals surface area contributed by atoms with Crippen LogP contribution in [0.25, 0.3) is 11.3 Å². The van der Waals surface area contributed by atoms with Crippen LogP contribution in [0.4, 0.5) is 17.2 Å². The average Bonchev–Trinajstić information content (AvgIpc) is 2.99. The predicted octanol–water partition coefficient (Wildman–Crippen LogP) is 3.74. The minimum Gasteiger partial charge on any atom is -0.508 e. The second kappa shape index (κ2) is 5.80. The molecule has 0 saturated carbocycles. The molecule has 1 heterocycles. The topological polar surface area (TPSA) is 104 Å². The Labute approximate surface area is 131 Å². The monoisotopic (exact) mass is 310 g/mol. The van der Waals surface area contributed by atoms with Crippen molar-refractivity contribution in [2.75, 3.05) is 5.32 Å². The van der Waals surface area contributed by atoms with Crippen molar-refractivity contribution in [1.82, 2.24) is 10.2 Å². The van der Waals surface area contributed by atoms with Crippen LogP contribution in [-0.2, 0) is 0 Å². The molecule has 0 radical (unpaired) electrons. The zero-order chi connectivity index (χ0) is 16.4. The quantitative estimate of drug-likeness (QED) is 0.387. The van der Waals surface area contributed by atoms with Crippen molar-refractivity contribution in [1.29, 1.82) is 0 Å². The van der Waals surface area contributed by atoms with Crippen LogP contribution in [0.5, 0.6) is 5.75 Å². The van der Waals surface area contributed by atoms with Crippen LogP contribution in [0.1, 0.15) is 5.56 Å². The summed E-state index contributed by atoms with van der Waals surface area (Å²) in [6.45, 7) is 1.88. The lowest BCUT2D eigenvalue weighted by Gasteiger charge is -2.06. The number of hydrogen-bond donors (Lipinski definition) is 3. The van der Waals surface area contributed by atoms with Gasteiger partial charge in [-0.15, -0.1) is 0 Å². The maximum Gasteiger partial charge on any atom is 0.269 e. The Morgan fingerprint density at radius 1 is 1.17 bits per heavy atom. The fourth-order valence-corrected chi connectivity index (χ4v) is 2.22.